The first-order valence-corrected chi connectivity index (χ1v) is 5.46. The molecule has 3 saturated carbocycles. The van der Waals surface area contributed by atoms with Crippen LogP contribution in [0.15, 0.2) is 0 Å². The number of carbonyl (C=O) groups excluding carboxylic acids is 1. The van der Waals surface area contributed by atoms with Gasteiger partial charge in [0.1, 0.15) is 5.78 Å². The lowest BCUT2D eigenvalue weighted by Gasteiger charge is -2.49. The van der Waals surface area contributed by atoms with Crippen LogP contribution in [-0.4, -0.2) is 17.0 Å². The Balaban J connectivity index is 1.98. The number of rotatable bonds is 0. The standard InChI is InChI=1S/C11H16O2/c12-9-5-7-6-10(13)11(7)4-2-1-3-8(9)11/h7-9,12H,1-6H2/t7-,8+,9+,11+/m1/s1. The Morgan fingerprint density at radius 1 is 1.38 bits per heavy atom. The fourth-order valence-electron chi connectivity index (χ4n) is 4.06. The molecule has 72 valence electrons. The second-order valence-electron chi connectivity index (χ2n) is 5.02. The Labute approximate surface area is 78.3 Å². The smallest absolute Gasteiger partial charge is 0.140 e. The summed E-state index contributed by atoms with van der Waals surface area (Å²) >= 11 is 0. The summed E-state index contributed by atoms with van der Waals surface area (Å²) in [5, 5.41) is 9.87. The Morgan fingerprint density at radius 3 is 2.92 bits per heavy atom. The van der Waals surface area contributed by atoms with Gasteiger partial charge in [-0.3, -0.25) is 4.79 Å². The summed E-state index contributed by atoms with van der Waals surface area (Å²) in [5.74, 6) is 1.33. The molecule has 0 saturated heterocycles. The highest BCUT2D eigenvalue weighted by Gasteiger charge is 2.65. The van der Waals surface area contributed by atoms with Crippen LogP contribution in [0.2, 0.25) is 0 Å². The van der Waals surface area contributed by atoms with E-state index in [0.29, 0.717) is 17.6 Å². The van der Waals surface area contributed by atoms with Gasteiger partial charge in [-0.05, 0) is 31.1 Å². The molecule has 0 heterocycles. The summed E-state index contributed by atoms with van der Waals surface area (Å²) < 4.78 is 0. The van der Waals surface area contributed by atoms with Crippen LogP contribution in [0.25, 0.3) is 0 Å². The van der Waals surface area contributed by atoms with E-state index in [2.05, 4.69) is 0 Å². The number of carbonyl (C=O) groups is 1. The van der Waals surface area contributed by atoms with Crippen LogP contribution in [0.5, 0.6) is 0 Å². The molecule has 1 N–H and O–H groups in total. The van der Waals surface area contributed by atoms with Crippen LogP contribution < -0.4 is 0 Å². The fraction of sp³-hybridized carbons (Fsp3) is 0.909. The van der Waals surface area contributed by atoms with Gasteiger partial charge in [0.05, 0.1) is 6.10 Å². The molecule has 0 aromatic carbocycles. The zero-order chi connectivity index (χ0) is 9.05. The summed E-state index contributed by atoms with van der Waals surface area (Å²) in [4.78, 5) is 11.7. The minimum atomic E-state index is -0.170. The Hall–Kier alpha value is -0.370. The predicted molar refractivity (Wildman–Crippen MR) is 48.1 cm³/mol. The third-order valence-electron chi connectivity index (χ3n) is 4.69. The highest BCUT2D eigenvalue weighted by atomic mass is 16.3. The van der Waals surface area contributed by atoms with E-state index in [0.717, 1.165) is 25.7 Å². The van der Waals surface area contributed by atoms with Gasteiger partial charge in [-0.25, -0.2) is 0 Å². The number of hydrogen-bond acceptors (Lipinski definition) is 2. The molecule has 2 heteroatoms. The predicted octanol–water partition coefficient (Wildman–Crippen LogP) is 1.52. The maximum atomic E-state index is 11.7. The first-order chi connectivity index (χ1) is 6.25. The van der Waals surface area contributed by atoms with Crippen molar-refractivity contribution in [1.82, 2.24) is 0 Å². The number of ketones is 1. The average molecular weight is 180 g/mol. The van der Waals surface area contributed by atoms with Crippen molar-refractivity contribution in [3.05, 3.63) is 0 Å². The number of hydrogen-bond donors (Lipinski definition) is 1. The second kappa shape index (κ2) is 2.35. The SMILES string of the molecule is O=C1C[C@H]2C[C@H](O)[C@@H]3CCCC[C@]123. The quantitative estimate of drug-likeness (QED) is 0.613. The van der Waals surface area contributed by atoms with Crippen LogP contribution >= 0.6 is 0 Å². The summed E-state index contributed by atoms with van der Waals surface area (Å²) in [6.45, 7) is 0. The van der Waals surface area contributed by atoms with E-state index in [9.17, 15) is 9.90 Å². The van der Waals surface area contributed by atoms with E-state index < -0.39 is 0 Å². The maximum Gasteiger partial charge on any atom is 0.140 e. The van der Waals surface area contributed by atoms with Gasteiger partial charge >= 0.3 is 0 Å². The molecule has 0 radical (unpaired) electrons. The first-order valence-electron chi connectivity index (χ1n) is 5.46. The van der Waals surface area contributed by atoms with E-state index in [1.807, 2.05) is 0 Å². The van der Waals surface area contributed by atoms with Gasteiger partial charge in [-0.2, -0.15) is 0 Å². The second-order valence-corrected chi connectivity index (χ2v) is 5.02. The molecule has 2 nitrogen and oxygen atoms in total. The zero-order valence-electron chi connectivity index (χ0n) is 7.83. The first kappa shape index (κ1) is 7.98. The van der Waals surface area contributed by atoms with Crippen LogP contribution in [0.3, 0.4) is 0 Å². The van der Waals surface area contributed by atoms with E-state index in [4.69, 9.17) is 0 Å². The number of Topliss-reactive ketones (excluding diaryl/α,β-unsaturated/α-hetero) is 1. The molecule has 1 spiro atoms. The lowest BCUT2D eigenvalue weighted by atomic mass is 9.52. The molecule has 0 aliphatic heterocycles. The molecule has 3 fully saturated rings. The minimum Gasteiger partial charge on any atom is -0.393 e. The summed E-state index contributed by atoms with van der Waals surface area (Å²) in [6.07, 6.45) is 6.05. The van der Waals surface area contributed by atoms with Crippen molar-refractivity contribution < 1.29 is 9.90 Å². The van der Waals surface area contributed by atoms with E-state index in [-0.39, 0.29) is 11.5 Å². The molecule has 0 amide bonds. The van der Waals surface area contributed by atoms with Crippen molar-refractivity contribution in [2.45, 2.75) is 44.6 Å². The molecular weight excluding hydrogens is 164 g/mol. The van der Waals surface area contributed by atoms with Gasteiger partial charge in [0.15, 0.2) is 0 Å². The third-order valence-corrected chi connectivity index (χ3v) is 4.69. The highest BCUT2D eigenvalue weighted by molar-refractivity contribution is 5.92. The van der Waals surface area contributed by atoms with Gasteiger partial charge in [0, 0.05) is 11.8 Å². The summed E-state index contributed by atoms with van der Waals surface area (Å²) in [5.41, 5.74) is -0.0301. The lowest BCUT2D eigenvalue weighted by molar-refractivity contribution is -0.151. The highest BCUT2D eigenvalue weighted by Crippen LogP contribution is 2.63. The number of aliphatic hydroxyl groups is 1. The van der Waals surface area contributed by atoms with Crippen molar-refractivity contribution in [3.8, 4) is 0 Å². The molecule has 3 aliphatic carbocycles. The number of aliphatic hydroxyl groups excluding tert-OH is 1. The molecule has 13 heavy (non-hydrogen) atoms. The summed E-state index contributed by atoms with van der Waals surface area (Å²) in [6, 6.07) is 0. The molecule has 3 aliphatic rings. The molecule has 0 aromatic heterocycles. The Morgan fingerprint density at radius 2 is 2.23 bits per heavy atom. The van der Waals surface area contributed by atoms with Gasteiger partial charge in [0.25, 0.3) is 0 Å². The average Bonchev–Trinajstić information content (AvgIpc) is 2.38. The molecule has 4 atom stereocenters. The molecule has 0 unspecified atom stereocenters. The van der Waals surface area contributed by atoms with Crippen LogP contribution in [0.4, 0.5) is 0 Å². The van der Waals surface area contributed by atoms with Crippen molar-refractivity contribution >= 4 is 5.78 Å². The molecule has 0 aromatic rings. The largest absolute Gasteiger partial charge is 0.393 e. The summed E-state index contributed by atoms with van der Waals surface area (Å²) in [7, 11) is 0. The topological polar surface area (TPSA) is 37.3 Å². The Bertz CT molecular complexity index is 261. The van der Waals surface area contributed by atoms with Crippen LogP contribution in [0.1, 0.15) is 38.5 Å². The van der Waals surface area contributed by atoms with Crippen molar-refractivity contribution in [1.29, 1.82) is 0 Å². The van der Waals surface area contributed by atoms with Gasteiger partial charge < -0.3 is 5.11 Å². The van der Waals surface area contributed by atoms with E-state index in [1.165, 1.54) is 12.8 Å². The van der Waals surface area contributed by atoms with Crippen molar-refractivity contribution in [2.75, 3.05) is 0 Å². The van der Waals surface area contributed by atoms with E-state index >= 15 is 0 Å². The normalized spacial score (nSPS) is 53.9. The van der Waals surface area contributed by atoms with E-state index in [1.54, 1.807) is 0 Å². The fourth-order valence-corrected chi connectivity index (χ4v) is 4.06. The van der Waals surface area contributed by atoms with Gasteiger partial charge in [-0.15, -0.1) is 0 Å². The third kappa shape index (κ3) is 0.762. The minimum absolute atomic E-state index is 0.0301. The van der Waals surface area contributed by atoms with Gasteiger partial charge in [-0.1, -0.05) is 12.8 Å². The Kier molecular flexibility index (Phi) is 1.44. The molecular formula is C11H16O2. The van der Waals surface area contributed by atoms with Crippen molar-refractivity contribution in [2.24, 2.45) is 17.3 Å². The molecule has 0 bridgehead atoms. The van der Waals surface area contributed by atoms with Crippen molar-refractivity contribution in [3.63, 3.8) is 0 Å². The maximum absolute atomic E-state index is 11.7. The van der Waals surface area contributed by atoms with Gasteiger partial charge in [0.2, 0.25) is 0 Å². The lowest BCUT2D eigenvalue weighted by Crippen LogP contribution is -2.52. The monoisotopic (exact) mass is 180 g/mol. The molecule has 3 rings (SSSR count). The van der Waals surface area contributed by atoms with Crippen LogP contribution in [-0.2, 0) is 4.79 Å². The zero-order valence-corrected chi connectivity index (χ0v) is 7.83. The van der Waals surface area contributed by atoms with Crippen LogP contribution in [0, 0.1) is 17.3 Å².